The van der Waals surface area contributed by atoms with E-state index in [1.54, 1.807) is 6.20 Å². The summed E-state index contributed by atoms with van der Waals surface area (Å²) in [6.07, 6.45) is 4.56. The smallest absolute Gasteiger partial charge is 0.310 e. The van der Waals surface area contributed by atoms with E-state index < -0.39 is 0 Å². The zero-order chi connectivity index (χ0) is 19.4. The van der Waals surface area contributed by atoms with E-state index in [0.717, 1.165) is 41.2 Å². The Morgan fingerprint density at radius 2 is 2.07 bits per heavy atom. The fourth-order valence-electron chi connectivity index (χ4n) is 2.94. The molecule has 2 heterocycles. The predicted molar refractivity (Wildman–Crippen MR) is 104 cm³/mol. The zero-order valence-corrected chi connectivity index (χ0v) is 16.5. The minimum absolute atomic E-state index is 0.207. The number of hydrogen-bond acceptors (Lipinski definition) is 4. The number of ether oxygens (including phenoxy) is 1. The Morgan fingerprint density at radius 1 is 1.26 bits per heavy atom. The Balaban J connectivity index is 1.62. The molecule has 0 atom stereocenters. The van der Waals surface area contributed by atoms with Crippen LogP contribution in [0, 0.1) is 20.8 Å². The zero-order valence-electron chi connectivity index (χ0n) is 15.8. The Bertz CT molecular complexity index is 932. The number of aryl methyl sites for hydroxylation is 3. The second-order valence-electron chi connectivity index (χ2n) is 6.51. The van der Waals surface area contributed by atoms with E-state index >= 15 is 0 Å². The van der Waals surface area contributed by atoms with Gasteiger partial charge < -0.3 is 4.74 Å². The molecule has 0 aliphatic heterocycles. The predicted octanol–water partition coefficient (Wildman–Crippen LogP) is 3.82. The Hall–Kier alpha value is -2.60. The summed E-state index contributed by atoms with van der Waals surface area (Å²) in [6, 6.07) is 7.68. The van der Waals surface area contributed by atoms with Gasteiger partial charge in [-0.15, -0.1) is 0 Å². The number of benzene rings is 1. The molecule has 3 aromatic rings. The first-order valence-electron chi connectivity index (χ1n) is 8.90. The van der Waals surface area contributed by atoms with Crippen molar-refractivity contribution in [3.63, 3.8) is 0 Å². The fourth-order valence-corrected chi connectivity index (χ4v) is 3.11. The van der Waals surface area contributed by atoms with Crippen molar-refractivity contribution in [1.82, 2.24) is 19.6 Å². The highest BCUT2D eigenvalue weighted by Gasteiger charge is 2.17. The maximum atomic E-state index is 12.2. The number of carbonyl (C=O) groups is 1. The summed E-state index contributed by atoms with van der Waals surface area (Å²) in [4.78, 5) is 12.2. The standard InChI is InChI=1S/C20H23ClN4O2/c1-14-6-7-17(12-19(14)21)25-16(3)18(15(2)23-25)13-20(26)27-11-5-10-24-9-4-8-22-24/h4,6-9,12H,5,10-11,13H2,1-3H3. The first-order valence-corrected chi connectivity index (χ1v) is 9.28. The van der Waals surface area contributed by atoms with Crippen molar-refractivity contribution in [1.29, 1.82) is 0 Å². The van der Waals surface area contributed by atoms with Crippen molar-refractivity contribution >= 4 is 17.6 Å². The number of aromatic nitrogens is 4. The molecule has 0 spiro atoms. The van der Waals surface area contributed by atoms with Gasteiger partial charge in [0.25, 0.3) is 0 Å². The van der Waals surface area contributed by atoms with Crippen molar-refractivity contribution in [3.05, 3.63) is 64.2 Å². The third-order valence-corrected chi connectivity index (χ3v) is 4.92. The highest BCUT2D eigenvalue weighted by molar-refractivity contribution is 6.31. The van der Waals surface area contributed by atoms with E-state index in [1.807, 2.05) is 60.6 Å². The van der Waals surface area contributed by atoms with Crippen LogP contribution in [0.4, 0.5) is 0 Å². The molecule has 7 heteroatoms. The van der Waals surface area contributed by atoms with Crippen molar-refractivity contribution in [2.24, 2.45) is 0 Å². The van der Waals surface area contributed by atoms with Gasteiger partial charge in [0.15, 0.2) is 0 Å². The van der Waals surface area contributed by atoms with Crippen molar-refractivity contribution in [3.8, 4) is 5.69 Å². The van der Waals surface area contributed by atoms with Crippen LogP contribution in [0.2, 0.25) is 5.02 Å². The molecule has 6 nitrogen and oxygen atoms in total. The van der Waals surface area contributed by atoms with Gasteiger partial charge in [0.2, 0.25) is 0 Å². The average molecular weight is 387 g/mol. The number of carbonyl (C=O) groups excluding carboxylic acids is 1. The summed E-state index contributed by atoms with van der Waals surface area (Å²) in [5, 5.41) is 9.39. The van der Waals surface area contributed by atoms with Crippen LogP contribution in [0.15, 0.2) is 36.7 Å². The third-order valence-electron chi connectivity index (χ3n) is 4.52. The third kappa shape index (κ3) is 4.57. The molecular weight excluding hydrogens is 364 g/mol. The van der Waals surface area contributed by atoms with Gasteiger partial charge in [-0.2, -0.15) is 10.2 Å². The lowest BCUT2D eigenvalue weighted by Gasteiger charge is -2.08. The lowest BCUT2D eigenvalue weighted by molar-refractivity contribution is -0.143. The highest BCUT2D eigenvalue weighted by atomic mass is 35.5. The minimum atomic E-state index is -0.247. The van der Waals surface area contributed by atoms with Gasteiger partial charge >= 0.3 is 5.97 Å². The second kappa shape index (κ2) is 8.39. The van der Waals surface area contributed by atoms with Gasteiger partial charge in [-0.25, -0.2) is 4.68 Å². The quantitative estimate of drug-likeness (QED) is 0.457. The number of rotatable bonds is 7. The van der Waals surface area contributed by atoms with Crippen LogP contribution in [0.25, 0.3) is 5.69 Å². The molecule has 0 radical (unpaired) electrons. The number of hydrogen-bond donors (Lipinski definition) is 0. The van der Waals surface area contributed by atoms with E-state index in [9.17, 15) is 4.79 Å². The van der Waals surface area contributed by atoms with Crippen LogP contribution in [0.5, 0.6) is 0 Å². The van der Waals surface area contributed by atoms with Crippen molar-refractivity contribution < 1.29 is 9.53 Å². The van der Waals surface area contributed by atoms with Gasteiger partial charge in [-0.3, -0.25) is 9.48 Å². The molecule has 0 saturated heterocycles. The Kier molecular flexibility index (Phi) is 5.96. The molecule has 0 aliphatic rings. The SMILES string of the molecule is Cc1ccc(-n2nc(C)c(CC(=O)OCCCn3cccn3)c2C)cc1Cl. The van der Waals surface area contributed by atoms with Crippen LogP contribution in [-0.4, -0.2) is 32.1 Å². The Labute approximate surface area is 163 Å². The number of halogens is 1. The fraction of sp³-hybridized carbons (Fsp3) is 0.350. The number of esters is 1. The van der Waals surface area contributed by atoms with E-state index in [4.69, 9.17) is 16.3 Å². The molecular formula is C20H23ClN4O2. The van der Waals surface area contributed by atoms with Gasteiger partial charge in [-0.05, 0) is 44.5 Å². The van der Waals surface area contributed by atoms with Crippen LogP contribution < -0.4 is 0 Å². The average Bonchev–Trinajstić information content (AvgIpc) is 3.25. The van der Waals surface area contributed by atoms with Crippen molar-refractivity contribution in [2.75, 3.05) is 6.61 Å². The molecule has 27 heavy (non-hydrogen) atoms. The molecule has 0 N–H and O–H groups in total. The topological polar surface area (TPSA) is 61.9 Å². The van der Waals surface area contributed by atoms with Crippen LogP contribution in [0.1, 0.15) is 28.9 Å². The van der Waals surface area contributed by atoms with Crippen LogP contribution in [0.3, 0.4) is 0 Å². The lowest BCUT2D eigenvalue weighted by atomic mass is 10.1. The van der Waals surface area contributed by atoms with E-state index in [0.29, 0.717) is 11.6 Å². The molecule has 0 aliphatic carbocycles. The minimum Gasteiger partial charge on any atom is -0.465 e. The summed E-state index contributed by atoms with van der Waals surface area (Å²) in [7, 11) is 0. The normalized spacial score (nSPS) is 11.0. The summed E-state index contributed by atoms with van der Waals surface area (Å²) >= 11 is 6.23. The molecule has 0 amide bonds. The first kappa shape index (κ1) is 19.2. The largest absolute Gasteiger partial charge is 0.465 e. The summed E-state index contributed by atoms with van der Waals surface area (Å²) in [5.41, 5.74) is 4.52. The van der Waals surface area contributed by atoms with Crippen molar-refractivity contribution in [2.45, 2.75) is 40.2 Å². The molecule has 0 fully saturated rings. The van der Waals surface area contributed by atoms with Crippen LogP contribution >= 0.6 is 11.6 Å². The van der Waals surface area contributed by atoms with Gasteiger partial charge in [-0.1, -0.05) is 17.7 Å². The maximum absolute atomic E-state index is 12.2. The molecule has 0 saturated carbocycles. The van der Waals surface area contributed by atoms with E-state index in [-0.39, 0.29) is 12.4 Å². The highest BCUT2D eigenvalue weighted by Crippen LogP contribution is 2.23. The summed E-state index contributed by atoms with van der Waals surface area (Å²) < 4.78 is 9.00. The monoisotopic (exact) mass is 386 g/mol. The maximum Gasteiger partial charge on any atom is 0.310 e. The molecule has 0 unspecified atom stereocenters. The summed E-state index contributed by atoms with van der Waals surface area (Å²) in [5.74, 6) is -0.247. The molecule has 1 aromatic carbocycles. The second-order valence-corrected chi connectivity index (χ2v) is 6.92. The van der Waals surface area contributed by atoms with E-state index in [1.165, 1.54) is 0 Å². The summed E-state index contributed by atoms with van der Waals surface area (Å²) in [6.45, 7) is 6.91. The molecule has 2 aromatic heterocycles. The molecule has 142 valence electrons. The van der Waals surface area contributed by atoms with Gasteiger partial charge in [0.1, 0.15) is 0 Å². The van der Waals surface area contributed by atoms with E-state index in [2.05, 4.69) is 10.2 Å². The first-order chi connectivity index (χ1) is 13.0. The Morgan fingerprint density at radius 3 is 2.78 bits per heavy atom. The van der Waals surface area contributed by atoms with Crippen LogP contribution in [-0.2, 0) is 22.5 Å². The van der Waals surface area contributed by atoms with Gasteiger partial charge in [0, 0.05) is 41.6 Å². The molecule has 3 rings (SSSR count). The lowest BCUT2D eigenvalue weighted by Crippen LogP contribution is -2.12. The van der Waals surface area contributed by atoms with Gasteiger partial charge in [0.05, 0.1) is 24.4 Å². The molecule has 0 bridgehead atoms. The number of nitrogens with zero attached hydrogens (tertiary/aromatic N) is 4.